The first-order chi connectivity index (χ1) is 10.6. The molecule has 22 heavy (non-hydrogen) atoms. The van der Waals surface area contributed by atoms with Crippen LogP contribution >= 0.6 is 0 Å². The van der Waals surface area contributed by atoms with Crippen LogP contribution in [0.2, 0.25) is 0 Å². The largest absolute Gasteiger partial charge is 0.475 e. The minimum atomic E-state index is -1.17. The van der Waals surface area contributed by atoms with Crippen LogP contribution in [-0.2, 0) is 6.42 Å². The van der Waals surface area contributed by atoms with Gasteiger partial charge < -0.3 is 14.4 Å². The molecule has 5 nitrogen and oxygen atoms in total. The Morgan fingerprint density at radius 2 is 1.86 bits per heavy atom. The van der Waals surface area contributed by atoms with Crippen LogP contribution in [0.4, 0.5) is 0 Å². The topological polar surface area (TPSA) is 70.8 Å². The molecule has 1 fully saturated rings. The standard InChI is InChI=1S/C17H17NO4/c19-16(14-8-9-15(22-14)17(20)21)18-10-4-7-13(18)11-12-5-2-1-3-6-12/h1-3,5-6,8-9,13H,4,7,10-11H2,(H,20,21). The number of benzene rings is 1. The molecule has 1 unspecified atom stereocenters. The maximum Gasteiger partial charge on any atom is 0.371 e. The Balaban J connectivity index is 1.74. The lowest BCUT2D eigenvalue weighted by atomic mass is 10.0. The second-order valence-corrected chi connectivity index (χ2v) is 5.45. The van der Waals surface area contributed by atoms with Crippen LogP contribution in [0.5, 0.6) is 0 Å². The van der Waals surface area contributed by atoms with Gasteiger partial charge in [0.25, 0.3) is 5.91 Å². The molecule has 114 valence electrons. The molecule has 1 N–H and O–H groups in total. The average molecular weight is 299 g/mol. The molecule has 1 aromatic heterocycles. The van der Waals surface area contributed by atoms with E-state index in [2.05, 4.69) is 12.1 Å². The van der Waals surface area contributed by atoms with E-state index in [1.54, 1.807) is 4.90 Å². The molecule has 1 saturated heterocycles. The number of aromatic carboxylic acids is 1. The molecule has 2 aromatic rings. The van der Waals surface area contributed by atoms with Gasteiger partial charge in [0.1, 0.15) is 0 Å². The number of carboxylic acids is 1. The monoisotopic (exact) mass is 299 g/mol. The Bertz CT molecular complexity index is 677. The number of hydrogen-bond donors (Lipinski definition) is 1. The number of rotatable bonds is 4. The highest BCUT2D eigenvalue weighted by Gasteiger charge is 2.31. The molecule has 0 aliphatic carbocycles. The minimum absolute atomic E-state index is 0.0948. The fraction of sp³-hybridized carbons (Fsp3) is 0.294. The second-order valence-electron chi connectivity index (χ2n) is 5.45. The summed E-state index contributed by atoms with van der Waals surface area (Å²) in [6.45, 7) is 0.680. The summed E-state index contributed by atoms with van der Waals surface area (Å²) in [5.41, 5.74) is 1.19. The van der Waals surface area contributed by atoms with Crippen LogP contribution in [0.1, 0.15) is 39.5 Å². The van der Waals surface area contributed by atoms with Crippen molar-refractivity contribution in [2.45, 2.75) is 25.3 Å². The first-order valence-corrected chi connectivity index (χ1v) is 7.33. The highest BCUT2D eigenvalue weighted by atomic mass is 16.4. The fourth-order valence-corrected chi connectivity index (χ4v) is 2.91. The van der Waals surface area contributed by atoms with Gasteiger partial charge in [-0.25, -0.2) is 4.79 Å². The van der Waals surface area contributed by atoms with Crippen molar-refractivity contribution in [3.8, 4) is 0 Å². The molecule has 0 bridgehead atoms. The van der Waals surface area contributed by atoms with Crippen molar-refractivity contribution < 1.29 is 19.1 Å². The van der Waals surface area contributed by atoms with Gasteiger partial charge in [0, 0.05) is 12.6 Å². The Labute approximate surface area is 128 Å². The lowest BCUT2D eigenvalue weighted by Crippen LogP contribution is -2.36. The molecule has 1 aromatic carbocycles. The summed E-state index contributed by atoms with van der Waals surface area (Å²) in [4.78, 5) is 25.2. The third-order valence-electron chi connectivity index (χ3n) is 3.98. The highest BCUT2D eigenvalue weighted by Crippen LogP contribution is 2.24. The Kier molecular flexibility index (Phi) is 3.96. The summed E-state index contributed by atoms with van der Waals surface area (Å²) in [5, 5.41) is 8.87. The van der Waals surface area contributed by atoms with Crippen LogP contribution in [0, 0.1) is 0 Å². The normalized spacial score (nSPS) is 17.6. The zero-order valence-corrected chi connectivity index (χ0v) is 12.1. The molecule has 1 aliphatic heterocycles. The van der Waals surface area contributed by atoms with Crippen molar-refractivity contribution in [3.05, 3.63) is 59.5 Å². The van der Waals surface area contributed by atoms with Crippen molar-refractivity contribution in [1.29, 1.82) is 0 Å². The Morgan fingerprint density at radius 3 is 2.55 bits per heavy atom. The number of carbonyl (C=O) groups excluding carboxylic acids is 1. The molecular weight excluding hydrogens is 282 g/mol. The summed E-state index contributed by atoms with van der Waals surface area (Å²) in [5.74, 6) is -1.51. The van der Waals surface area contributed by atoms with Crippen molar-refractivity contribution in [2.24, 2.45) is 0 Å². The van der Waals surface area contributed by atoms with Crippen molar-refractivity contribution in [2.75, 3.05) is 6.54 Å². The lowest BCUT2D eigenvalue weighted by molar-refractivity contribution is 0.0646. The summed E-state index contributed by atoms with van der Waals surface area (Å²) < 4.78 is 5.13. The number of nitrogens with zero attached hydrogens (tertiary/aromatic N) is 1. The molecule has 0 spiro atoms. The molecular formula is C17H17NO4. The third-order valence-corrected chi connectivity index (χ3v) is 3.98. The van der Waals surface area contributed by atoms with E-state index in [9.17, 15) is 9.59 Å². The number of carboxylic acid groups (broad SMARTS) is 1. The molecule has 0 radical (unpaired) electrons. The molecule has 1 amide bonds. The van der Waals surface area contributed by atoms with E-state index in [-0.39, 0.29) is 23.5 Å². The van der Waals surface area contributed by atoms with Gasteiger partial charge in [-0.3, -0.25) is 4.79 Å². The molecule has 0 saturated carbocycles. The van der Waals surface area contributed by atoms with Gasteiger partial charge in [-0.2, -0.15) is 0 Å². The van der Waals surface area contributed by atoms with Gasteiger partial charge in [0.15, 0.2) is 5.76 Å². The van der Waals surface area contributed by atoms with Gasteiger partial charge in [-0.1, -0.05) is 30.3 Å². The van der Waals surface area contributed by atoms with Crippen LogP contribution in [-0.4, -0.2) is 34.5 Å². The number of hydrogen-bond acceptors (Lipinski definition) is 3. The summed E-state index contributed by atoms with van der Waals surface area (Å²) in [7, 11) is 0. The zero-order chi connectivity index (χ0) is 15.5. The maximum absolute atomic E-state index is 12.5. The molecule has 5 heteroatoms. The van der Waals surface area contributed by atoms with Gasteiger partial charge in [-0.05, 0) is 37.0 Å². The predicted molar refractivity (Wildman–Crippen MR) is 79.9 cm³/mol. The highest BCUT2D eigenvalue weighted by molar-refractivity contribution is 5.93. The zero-order valence-electron chi connectivity index (χ0n) is 12.1. The minimum Gasteiger partial charge on any atom is -0.475 e. The third kappa shape index (κ3) is 2.88. The quantitative estimate of drug-likeness (QED) is 0.942. The number of likely N-dealkylation sites (tertiary alicyclic amines) is 1. The Hall–Kier alpha value is -2.56. The fourth-order valence-electron chi connectivity index (χ4n) is 2.91. The van der Waals surface area contributed by atoms with Crippen LogP contribution in [0.15, 0.2) is 46.9 Å². The first kappa shape index (κ1) is 14.4. The number of carbonyl (C=O) groups is 2. The van der Waals surface area contributed by atoms with E-state index in [0.717, 1.165) is 19.3 Å². The van der Waals surface area contributed by atoms with Crippen molar-refractivity contribution in [1.82, 2.24) is 4.90 Å². The maximum atomic E-state index is 12.5. The van der Waals surface area contributed by atoms with Gasteiger partial charge in [0.2, 0.25) is 5.76 Å². The second kappa shape index (κ2) is 6.05. The molecule has 3 rings (SSSR count). The summed E-state index contributed by atoms with van der Waals surface area (Å²) >= 11 is 0. The number of furan rings is 1. The van der Waals surface area contributed by atoms with Gasteiger partial charge >= 0.3 is 5.97 Å². The van der Waals surface area contributed by atoms with E-state index in [0.29, 0.717) is 6.54 Å². The van der Waals surface area contributed by atoms with Gasteiger partial charge in [-0.15, -0.1) is 0 Å². The summed E-state index contributed by atoms with van der Waals surface area (Å²) in [6, 6.07) is 12.9. The molecule has 1 atom stereocenters. The SMILES string of the molecule is O=C(O)c1ccc(C(=O)N2CCCC2Cc2ccccc2)o1. The lowest BCUT2D eigenvalue weighted by Gasteiger charge is -2.23. The van der Waals surface area contributed by atoms with E-state index in [1.165, 1.54) is 17.7 Å². The average Bonchev–Trinajstić information content (AvgIpc) is 3.17. The Morgan fingerprint density at radius 1 is 1.14 bits per heavy atom. The van der Waals surface area contributed by atoms with E-state index < -0.39 is 5.97 Å². The van der Waals surface area contributed by atoms with E-state index >= 15 is 0 Å². The summed E-state index contributed by atoms with van der Waals surface area (Å²) in [6.07, 6.45) is 2.71. The first-order valence-electron chi connectivity index (χ1n) is 7.33. The molecule has 1 aliphatic rings. The van der Waals surface area contributed by atoms with E-state index in [1.807, 2.05) is 18.2 Å². The van der Waals surface area contributed by atoms with Crippen LogP contribution < -0.4 is 0 Å². The van der Waals surface area contributed by atoms with Crippen LogP contribution in [0.25, 0.3) is 0 Å². The van der Waals surface area contributed by atoms with E-state index in [4.69, 9.17) is 9.52 Å². The van der Waals surface area contributed by atoms with Crippen LogP contribution in [0.3, 0.4) is 0 Å². The number of amides is 1. The molecule has 2 heterocycles. The van der Waals surface area contributed by atoms with Gasteiger partial charge in [0.05, 0.1) is 0 Å². The van der Waals surface area contributed by atoms with Crippen molar-refractivity contribution >= 4 is 11.9 Å². The smallest absolute Gasteiger partial charge is 0.371 e. The predicted octanol–water partition coefficient (Wildman–Crippen LogP) is 2.83. The van der Waals surface area contributed by atoms with Crippen molar-refractivity contribution in [3.63, 3.8) is 0 Å².